The summed E-state index contributed by atoms with van der Waals surface area (Å²) >= 11 is 0. The molecule has 0 bridgehead atoms. The third-order valence-electron chi connectivity index (χ3n) is 4.89. The maximum atomic E-state index is 12.9. The number of carbonyl (C=O) groups excluding carboxylic acids is 1. The molecule has 138 valence electrons. The number of benzene rings is 1. The number of hydrogen-bond donors (Lipinski definition) is 1. The van der Waals surface area contributed by atoms with Gasteiger partial charge in [0.25, 0.3) is 5.91 Å². The van der Waals surface area contributed by atoms with Gasteiger partial charge >= 0.3 is 0 Å². The predicted molar refractivity (Wildman–Crippen MR) is 107 cm³/mol. The smallest absolute Gasteiger partial charge is 0.276 e. The summed E-state index contributed by atoms with van der Waals surface area (Å²) in [7, 11) is 3.86. The summed E-state index contributed by atoms with van der Waals surface area (Å²) in [4.78, 5) is 19.1. The van der Waals surface area contributed by atoms with Gasteiger partial charge in [-0.3, -0.25) is 4.79 Å². The van der Waals surface area contributed by atoms with Gasteiger partial charge in [-0.1, -0.05) is 17.7 Å². The van der Waals surface area contributed by atoms with Crippen molar-refractivity contribution in [3.63, 3.8) is 0 Å². The van der Waals surface area contributed by atoms with E-state index in [2.05, 4.69) is 34.5 Å². The number of nitrogens with one attached hydrogen (secondary N) is 1. The van der Waals surface area contributed by atoms with E-state index < -0.39 is 0 Å². The normalized spacial score (nSPS) is 12.7. The Hall–Kier alpha value is -3.15. The second kappa shape index (κ2) is 6.87. The van der Waals surface area contributed by atoms with E-state index in [1.54, 1.807) is 6.20 Å². The summed E-state index contributed by atoms with van der Waals surface area (Å²) in [6.45, 7) is 2.06. The molecule has 1 aromatic carbocycles. The standard InChI is InChI=1S/C21H23N5O/c1-14-7-10-16(11-8-14)26-18-6-4-5-17(18)20(24-26)21(27)23-15-9-12-19(22-13-15)25(2)3/h7-13H,4-6H2,1-3H3,(H,23,27). The molecule has 27 heavy (non-hydrogen) atoms. The van der Waals surface area contributed by atoms with Crippen molar-refractivity contribution in [2.45, 2.75) is 26.2 Å². The monoisotopic (exact) mass is 361 g/mol. The van der Waals surface area contributed by atoms with Crippen LogP contribution in [-0.4, -0.2) is 34.8 Å². The van der Waals surface area contributed by atoms with Crippen LogP contribution in [0.2, 0.25) is 0 Å². The molecule has 0 fully saturated rings. The maximum absolute atomic E-state index is 12.9. The van der Waals surface area contributed by atoms with Crippen molar-refractivity contribution >= 4 is 17.4 Å². The van der Waals surface area contributed by atoms with Crippen molar-refractivity contribution in [1.29, 1.82) is 0 Å². The van der Waals surface area contributed by atoms with E-state index in [-0.39, 0.29) is 5.91 Å². The van der Waals surface area contributed by atoms with Crippen LogP contribution in [0.15, 0.2) is 42.6 Å². The van der Waals surface area contributed by atoms with Crippen molar-refractivity contribution in [2.75, 3.05) is 24.3 Å². The molecule has 2 heterocycles. The third-order valence-corrected chi connectivity index (χ3v) is 4.89. The lowest BCUT2D eigenvalue weighted by atomic mass is 10.2. The van der Waals surface area contributed by atoms with Gasteiger partial charge in [0.1, 0.15) is 5.82 Å². The van der Waals surface area contributed by atoms with Gasteiger partial charge in [0, 0.05) is 25.4 Å². The lowest BCUT2D eigenvalue weighted by molar-refractivity contribution is 0.102. The van der Waals surface area contributed by atoms with Crippen molar-refractivity contribution in [3.05, 3.63) is 65.1 Å². The SMILES string of the molecule is Cc1ccc(-n2nc(C(=O)Nc3ccc(N(C)C)nc3)c3c2CCC3)cc1. The van der Waals surface area contributed by atoms with Crippen LogP contribution in [0.25, 0.3) is 5.69 Å². The van der Waals surface area contributed by atoms with Crippen LogP contribution < -0.4 is 10.2 Å². The van der Waals surface area contributed by atoms with Crippen molar-refractivity contribution < 1.29 is 4.79 Å². The molecule has 2 aromatic heterocycles. The highest BCUT2D eigenvalue weighted by atomic mass is 16.2. The van der Waals surface area contributed by atoms with E-state index in [4.69, 9.17) is 0 Å². The topological polar surface area (TPSA) is 63.1 Å². The summed E-state index contributed by atoms with van der Waals surface area (Å²) < 4.78 is 1.92. The zero-order valence-corrected chi connectivity index (χ0v) is 15.9. The second-order valence-corrected chi connectivity index (χ2v) is 7.13. The molecule has 0 saturated heterocycles. The molecule has 6 heteroatoms. The Labute approximate surface area is 158 Å². The summed E-state index contributed by atoms with van der Waals surface area (Å²) in [6.07, 6.45) is 4.56. The first-order chi connectivity index (χ1) is 13.0. The Morgan fingerprint density at radius 1 is 1.11 bits per heavy atom. The van der Waals surface area contributed by atoms with Crippen LogP contribution >= 0.6 is 0 Å². The quantitative estimate of drug-likeness (QED) is 0.774. The van der Waals surface area contributed by atoms with E-state index >= 15 is 0 Å². The average Bonchev–Trinajstić information content (AvgIpc) is 3.25. The largest absolute Gasteiger partial charge is 0.363 e. The summed E-state index contributed by atoms with van der Waals surface area (Å²) in [5.41, 5.74) is 5.59. The molecular weight excluding hydrogens is 338 g/mol. The molecule has 1 amide bonds. The molecule has 4 rings (SSSR count). The number of fused-ring (bicyclic) bond motifs is 1. The Kier molecular flexibility index (Phi) is 4.39. The minimum Gasteiger partial charge on any atom is -0.363 e. The van der Waals surface area contributed by atoms with Gasteiger partial charge in [0.05, 0.1) is 17.6 Å². The highest BCUT2D eigenvalue weighted by Gasteiger charge is 2.27. The highest BCUT2D eigenvalue weighted by molar-refractivity contribution is 6.04. The van der Waals surface area contributed by atoms with E-state index in [1.807, 2.05) is 47.9 Å². The van der Waals surface area contributed by atoms with Gasteiger partial charge in [-0.2, -0.15) is 5.10 Å². The highest BCUT2D eigenvalue weighted by Crippen LogP contribution is 2.28. The lowest BCUT2D eigenvalue weighted by Crippen LogP contribution is -2.16. The van der Waals surface area contributed by atoms with Crippen molar-refractivity contribution in [3.8, 4) is 5.69 Å². The molecule has 0 unspecified atom stereocenters. The third kappa shape index (κ3) is 3.30. The van der Waals surface area contributed by atoms with E-state index in [9.17, 15) is 4.79 Å². The first-order valence-corrected chi connectivity index (χ1v) is 9.15. The van der Waals surface area contributed by atoms with Crippen molar-refractivity contribution in [2.24, 2.45) is 0 Å². The van der Waals surface area contributed by atoms with Crippen LogP contribution in [0, 0.1) is 6.92 Å². The van der Waals surface area contributed by atoms with Crippen LogP contribution in [-0.2, 0) is 12.8 Å². The number of amides is 1. The number of rotatable bonds is 4. The van der Waals surface area contributed by atoms with Gasteiger partial charge in [-0.05, 0) is 50.5 Å². The molecule has 1 aliphatic carbocycles. The van der Waals surface area contributed by atoms with Crippen LogP contribution in [0.4, 0.5) is 11.5 Å². The number of carbonyl (C=O) groups is 1. The predicted octanol–water partition coefficient (Wildman–Crippen LogP) is 3.38. The lowest BCUT2D eigenvalue weighted by Gasteiger charge is -2.11. The fraction of sp³-hybridized carbons (Fsp3) is 0.286. The number of aryl methyl sites for hydroxylation is 1. The molecule has 0 aliphatic heterocycles. The van der Waals surface area contributed by atoms with E-state index in [0.29, 0.717) is 11.4 Å². The first kappa shape index (κ1) is 17.3. The number of anilines is 2. The number of hydrogen-bond acceptors (Lipinski definition) is 4. The molecule has 1 aliphatic rings. The zero-order chi connectivity index (χ0) is 19.0. The maximum Gasteiger partial charge on any atom is 0.276 e. The van der Waals surface area contributed by atoms with Crippen LogP contribution in [0.3, 0.4) is 0 Å². The first-order valence-electron chi connectivity index (χ1n) is 9.15. The molecule has 3 aromatic rings. The minimum atomic E-state index is -0.182. The molecule has 1 N–H and O–H groups in total. The second-order valence-electron chi connectivity index (χ2n) is 7.13. The molecular formula is C21H23N5O. The number of aromatic nitrogens is 3. The molecule has 0 radical (unpaired) electrons. The summed E-state index contributed by atoms with van der Waals surface area (Å²) in [5.74, 6) is 0.663. The fourth-order valence-electron chi connectivity index (χ4n) is 3.43. The fourth-order valence-corrected chi connectivity index (χ4v) is 3.43. The van der Waals surface area contributed by atoms with Gasteiger partial charge < -0.3 is 10.2 Å². The van der Waals surface area contributed by atoms with Crippen LogP contribution in [0.1, 0.15) is 33.7 Å². The van der Waals surface area contributed by atoms with Crippen LogP contribution in [0.5, 0.6) is 0 Å². The van der Waals surface area contributed by atoms with E-state index in [0.717, 1.165) is 42.0 Å². The Balaban J connectivity index is 1.62. The van der Waals surface area contributed by atoms with E-state index in [1.165, 1.54) is 5.56 Å². The Morgan fingerprint density at radius 2 is 1.89 bits per heavy atom. The summed E-state index contributed by atoms with van der Waals surface area (Å²) in [5, 5.41) is 7.58. The Bertz CT molecular complexity index is 971. The number of nitrogens with zero attached hydrogens (tertiary/aromatic N) is 4. The minimum absolute atomic E-state index is 0.182. The molecule has 0 atom stereocenters. The van der Waals surface area contributed by atoms with Gasteiger partial charge in [0.2, 0.25) is 0 Å². The average molecular weight is 361 g/mol. The van der Waals surface area contributed by atoms with Gasteiger partial charge in [0.15, 0.2) is 5.69 Å². The Morgan fingerprint density at radius 3 is 2.56 bits per heavy atom. The van der Waals surface area contributed by atoms with Crippen molar-refractivity contribution in [1.82, 2.24) is 14.8 Å². The van der Waals surface area contributed by atoms with Gasteiger partial charge in [-0.15, -0.1) is 0 Å². The number of pyridine rings is 1. The zero-order valence-electron chi connectivity index (χ0n) is 15.9. The van der Waals surface area contributed by atoms with Gasteiger partial charge in [-0.25, -0.2) is 9.67 Å². The molecule has 6 nitrogen and oxygen atoms in total. The molecule has 0 saturated carbocycles. The molecule has 0 spiro atoms. The summed E-state index contributed by atoms with van der Waals surface area (Å²) in [6, 6.07) is 12.0.